The fraction of sp³-hybridized carbons (Fsp3) is 0.733. The Bertz CT molecular complexity index is 498. The molecule has 2 aliphatic rings. The zero-order valence-electron chi connectivity index (χ0n) is 13.0. The molecule has 3 amide bonds. The van der Waals surface area contributed by atoms with Crippen LogP contribution >= 0.6 is 0 Å². The number of nitrogens with zero attached hydrogens (tertiary/aromatic N) is 1. The number of imide groups is 1. The third kappa shape index (κ3) is 2.98. The molecule has 7 heteroatoms. The van der Waals surface area contributed by atoms with E-state index in [9.17, 15) is 19.2 Å². The molecule has 1 N–H and O–H groups in total. The van der Waals surface area contributed by atoms with Crippen LogP contribution in [0, 0.1) is 0 Å². The Hall–Kier alpha value is -1.92. The van der Waals surface area contributed by atoms with Crippen molar-refractivity contribution in [1.29, 1.82) is 0 Å². The van der Waals surface area contributed by atoms with Crippen molar-refractivity contribution >= 4 is 23.7 Å². The third-order valence-electron chi connectivity index (χ3n) is 4.51. The van der Waals surface area contributed by atoms with Crippen molar-refractivity contribution in [2.24, 2.45) is 0 Å². The van der Waals surface area contributed by atoms with Gasteiger partial charge >= 0.3 is 12.0 Å². The summed E-state index contributed by atoms with van der Waals surface area (Å²) in [5, 5.41) is 2.65. The number of ether oxygens (including phenoxy) is 1. The Labute approximate surface area is 129 Å². The van der Waals surface area contributed by atoms with Gasteiger partial charge in [0.2, 0.25) is 0 Å². The van der Waals surface area contributed by atoms with E-state index in [0.29, 0.717) is 25.7 Å². The number of carbonyl (C=O) groups is 4. The molecular weight excluding hydrogens is 288 g/mol. The largest absolute Gasteiger partial charge is 0.453 e. The van der Waals surface area contributed by atoms with Crippen LogP contribution in [0.25, 0.3) is 0 Å². The maximum Gasteiger partial charge on any atom is 0.326 e. The molecule has 7 nitrogen and oxygen atoms in total. The highest BCUT2D eigenvalue weighted by Crippen LogP contribution is 2.25. The lowest BCUT2D eigenvalue weighted by Crippen LogP contribution is -2.46. The van der Waals surface area contributed by atoms with Crippen molar-refractivity contribution in [3.8, 4) is 0 Å². The molecule has 0 aromatic carbocycles. The second-order valence-electron chi connectivity index (χ2n) is 5.80. The SMILES string of the molecule is CCC1(CC)NC(=O)N(CC(=O)O[C@H]2CCCCC2=O)C1=O. The first-order valence-corrected chi connectivity index (χ1v) is 7.80. The summed E-state index contributed by atoms with van der Waals surface area (Å²) < 4.78 is 5.14. The summed E-state index contributed by atoms with van der Waals surface area (Å²) in [6.07, 6.45) is 2.76. The molecule has 1 atom stereocenters. The highest BCUT2D eigenvalue weighted by Gasteiger charge is 2.49. The summed E-state index contributed by atoms with van der Waals surface area (Å²) in [5.41, 5.74) is -0.933. The van der Waals surface area contributed by atoms with Crippen LogP contribution in [0.1, 0.15) is 52.4 Å². The number of amides is 3. The predicted molar refractivity (Wildman–Crippen MR) is 76.9 cm³/mol. The van der Waals surface area contributed by atoms with Gasteiger partial charge in [-0.1, -0.05) is 13.8 Å². The molecule has 0 spiro atoms. The molecule has 0 bridgehead atoms. The van der Waals surface area contributed by atoms with Crippen molar-refractivity contribution < 1.29 is 23.9 Å². The number of carbonyl (C=O) groups excluding carboxylic acids is 4. The topological polar surface area (TPSA) is 92.8 Å². The Morgan fingerprint density at radius 3 is 2.50 bits per heavy atom. The molecular formula is C15H22N2O5. The average molecular weight is 310 g/mol. The standard InChI is InChI=1S/C15H22N2O5/c1-3-15(4-2)13(20)17(14(21)16-15)9-12(19)22-11-8-6-5-7-10(11)18/h11H,3-9H2,1-2H3,(H,16,21)/t11-/m0/s1. The monoisotopic (exact) mass is 310 g/mol. The number of rotatable bonds is 5. The summed E-state index contributed by atoms with van der Waals surface area (Å²) in [5.74, 6) is -1.21. The van der Waals surface area contributed by atoms with Gasteiger partial charge in [0, 0.05) is 6.42 Å². The summed E-state index contributed by atoms with van der Waals surface area (Å²) in [4.78, 5) is 48.8. The molecule has 1 aliphatic heterocycles. The number of nitrogens with one attached hydrogen (secondary N) is 1. The Morgan fingerprint density at radius 1 is 1.27 bits per heavy atom. The molecule has 22 heavy (non-hydrogen) atoms. The zero-order valence-corrected chi connectivity index (χ0v) is 13.0. The number of ketones is 1. The molecule has 0 radical (unpaired) electrons. The maximum atomic E-state index is 12.4. The fourth-order valence-corrected chi connectivity index (χ4v) is 2.95. The van der Waals surface area contributed by atoms with Gasteiger partial charge in [0.15, 0.2) is 11.9 Å². The van der Waals surface area contributed by atoms with E-state index < -0.39 is 36.1 Å². The molecule has 0 aromatic heterocycles. The molecule has 2 fully saturated rings. The van der Waals surface area contributed by atoms with Gasteiger partial charge in [-0.05, 0) is 32.1 Å². The second kappa shape index (κ2) is 6.46. The highest BCUT2D eigenvalue weighted by molar-refractivity contribution is 6.08. The van der Waals surface area contributed by atoms with Gasteiger partial charge in [-0.3, -0.25) is 19.3 Å². The predicted octanol–water partition coefficient (Wildman–Crippen LogP) is 1.15. The second-order valence-corrected chi connectivity index (χ2v) is 5.80. The molecule has 1 aliphatic carbocycles. The summed E-state index contributed by atoms with van der Waals surface area (Å²) in [6, 6.07) is -0.583. The first-order valence-electron chi connectivity index (χ1n) is 7.80. The van der Waals surface area contributed by atoms with E-state index >= 15 is 0 Å². The Balaban J connectivity index is 1.98. The van der Waals surface area contributed by atoms with E-state index in [1.807, 2.05) is 13.8 Å². The van der Waals surface area contributed by atoms with Crippen molar-refractivity contribution in [2.45, 2.75) is 64.0 Å². The van der Waals surface area contributed by atoms with Crippen LogP contribution in [-0.2, 0) is 19.1 Å². The number of Topliss-reactive ketones (excluding diaryl/α,β-unsaturated/α-hetero) is 1. The smallest absolute Gasteiger partial charge is 0.326 e. The molecule has 1 heterocycles. The van der Waals surface area contributed by atoms with Crippen LogP contribution in [0.4, 0.5) is 4.79 Å². The van der Waals surface area contributed by atoms with Gasteiger partial charge in [-0.25, -0.2) is 4.79 Å². The Morgan fingerprint density at radius 2 is 1.95 bits per heavy atom. The van der Waals surface area contributed by atoms with E-state index in [1.54, 1.807) is 0 Å². The van der Waals surface area contributed by atoms with Gasteiger partial charge in [-0.15, -0.1) is 0 Å². The number of hydrogen-bond donors (Lipinski definition) is 1. The van der Waals surface area contributed by atoms with E-state index in [0.717, 1.165) is 17.7 Å². The summed E-state index contributed by atoms with van der Waals surface area (Å²) >= 11 is 0. The quantitative estimate of drug-likeness (QED) is 0.607. The molecule has 0 aromatic rings. The fourth-order valence-electron chi connectivity index (χ4n) is 2.95. The lowest BCUT2D eigenvalue weighted by molar-refractivity contribution is -0.158. The van der Waals surface area contributed by atoms with Crippen LogP contribution < -0.4 is 5.32 Å². The van der Waals surface area contributed by atoms with Crippen LogP contribution in [0.2, 0.25) is 0 Å². The van der Waals surface area contributed by atoms with Crippen molar-refractivity contribution in [1.82, 2.24) is 10.2 Å². The lowest BCUT2D eigenvalue weighted by Gasteiger charge is -2.23. The van der Waals surface area contributed by atoms with Gasteiger partial charge in [0.1, 0.15) is 12.1 Å². The van der Waals surface area contributed by atoms with Crippen LogP contribution in [0.3, 0.4) is 0 Å². The zero-order chi connectivity index (χ0) is 16.3. The van der Waals surface area contributed by atoms with Crippen LogP contribution in [0.15, 0.2) is 0 Å². The third-order valence-corrected chi connectivity index (χ3v) is 4.51. The molecule has 0 unspecified atom stereocenters. The van der Waals surface area contributed by atoms with Gasteiger partial charge in [0.05, 0.1) is 0 Å². The van der Waals surface area contributed by atoms with E-state index in [-0.39, 0.29) is 5.78 Å². The maximum absolute atomic E-state index is 12.4. The van der Waals surface area contributed by atoms with E-state index in [4.69, 9.17) is 4.74 Å². The van der Waals surface area contributed by atoms with Crippen LogP contribution in [-0.4, -0.2) is 46.8 Å². The normalized spacial score (nSPS) is 24.4. The number of hydrogen-bond acceptors (Lipinski definition) is 5. The number of urea groups is 1. The number of esters is 1. The molecule has 122 valence electrons. The summed E-state index contributed by atoms with van der Waals surface area (Å²) in [7, 11) is 0. The molecule has 1 saturated carbocycles. The highest BCUT2D eigenvalue weighted by atomic mass is 16.5. The minimum atomic E-state index is -0.933. The van der Waals surface area contributed by atoms with Crippen molar-refractivity contribution in [3.63, 3.8) is 0 Å². The van der Waals surface area contributed by atoms with Gasteiger partial charge < -0.3 is 10.1 Å². The van der Waals surface area contributed by atoms with Crippen LogP contribution in [0.5, 0.6) is 0 Å². The Kier molecular flexibility index (Phi) is 4.83. The van der Waals surface area contributed by atoms with E-state index in [1.165, 1.54) is 0 Å². The first kappa shape index (κ1) is 16.5. The average Bonchev–Trinajstić information content (AvgIpc) is 2.74. The summed E-state index contributed by atoms with van der Waals surface area (Å²) in [6.45, 7) is 3.17. The van der Waals surface area contributed by atoms with Gasteiger partial charge in [0.25, 0.3) is 5.91 Å². The molecule has 2 rings (SSSR count). The van der Waals surface area contributed by atoms with E-state index in [2.05, 4.69) is 5.32 Å². The first-order chi connectivity index (χ1) is 10.4. The lowest BCUT2D eigenvalue weighted by atomic mass is 9.93. The van der Waals surface area contributed by atoms with Crippen molar-refractivity contribution in [3.05, 3.63) is 0 Å². The minimum absolute atomic E-state index is 0.0896. The minimum Gasteiger partial charge on any atom is -0.453 e. The van der Waals surface area contributed by atoms with Gasteiger partial charge in [-0.2, -0.15) is 0 Å². The molecule has 1 saturated heterocycles. The van der Waals surface area contributed by atoms with Crippen molar-refractivity contribution in [2.75, 3.05) is 6.54 Å².